The molecule has 7 heteroatoms. The molecule has 23 heavy (non-hydrogen) atoms. The Morgan fingerprint density at radius 1 is 1.39 bits per heavy atom. The maximum absolute atomic E-state index is 12.3. The first kappa shape index (κ1) is 17.3. The Morgan fingerprint density at radius 2 is 2.13 bits per heavy atom. The van der Waals surface area contributed by atoms with Crippen molar-refractivity contribution in [1.29, 1.82) is 0 Å². The zero-order valence-electron chi connectivity index (χ0n) is 14.3. The van der Waals surface area contributed by atoms with Crippen LogP contribution in [0.5, 0.6) is 0 Å². The summed E-state index contributed by atoms with van der Waals surface area (Å²) >= 11 is 0. The van der Waals surface area contributed by atoms with E-state index in [1.54, 1.807) is 4.90 Å². The van der Waals surface area contributed by atoms with Gasteiger partial charge in [-0.05, 0) is 45.6 Å². The van der Waals surface area contributed by atoms with E-state index >= 15 is 0 Å². The summed E-state index contributed by atoms with van der Waals surface area (Å²) in [5.74, 6) is -0.147. The summed E-state index contributed by atoms with van der Waals surface area (Å²) in [6.07, 6.45) is 2.40. The molecule has 1 fully saturated rings. The average molecular weight is 321 g/mol. The van der Waals surface area contributed by atoms with Crippen molar-refractivity contribution < 1.29 is 9.59 Å². The molecular formula is C16H27N5O2. The lowest BCUT2D eigenvalue weighted by atomic mass is 9.97. The zero-order chi connectivity index (χ0) is 17.0. The quantitative estimate of drug-likeness (QED) is 0.846. The molecule has 0 aliphatic carbocycles. The number of carbonyl (C=O) groups is 2. The summed E-state index contributed by atoms with van der Waals surface area (Å²) in [4.78, 5) is 25.1. The molecule has 1 atom stereocenters. The number of nitrogens with one attached hydrogen (secondary N) is 1. The first-order valence-electron chi connectivity index (χ1n) is 8.29. The van der Waals surface area contributed by atoms with Crippen LogP contribution in [0, 0.1) is 19.8 Å². The van der Waals surface area contributed by atoms with Crippen LogP contribution in [-0.2, 0) is 17.8 Å². The van der Waals surface area contributed by atoms with Gasteiger partial charge in [0.2, 0.25) is 5.91 Å². The Kier molecular flexibility index (Phi) is 5.63. The molecule has 3 amide bonds. The van der Waals surface area contributed by atoms with Crippen LogP contribution in [0.25, 0.3) is 0 Å². The van der Waals surface area contributed by atoms with Gasteiger partial charge in [0.1, 0.15) is 0 Å². The molecule has 1 aliphatic heterocycles. The van der Waals surface area contributed by atoms with Crippen molar-refractivity contribution in [2.24, 2.45) is 11.7 Å². The molecule has 0 aromatic carbocycles. The normalized spacial score (nSPS) is 18.0. The number of hydrogen-bond acceptors (Lipinski definition) is 3. The molecule has 1 aromatic rings. The van der Waals surface area contributed by atoms with Crippen LogP contribution >= 0.6 is 0 Å². The summed E-state index contributed by atoms with van der Waals surface area (Å²) in [6, 6.07) is -0.444. The van der Waals surface area contributed by atoms with Crippen LogP contribution in [0.1, 0.15) is 36.7 Å². The van der Waals surface area contributed by atoms with Gasteiger partial charge in [-0.2, -0.15) is 5.10 Å². The van der Waals surface area contributed by atoms with Gasteiger partial charge in [0.25, 0.3) is 0 Å². The monoisotopic (exact) mass is 321 g/mol. The smallest absolute Gasteiger partial charge is 0.314 e. The Morgan fingerprint density at radius 3 is 2.74 bits per heavy atom. The van der Waals surface area contributed by atoms with Crippen molar-refractivity contribution in [1.82, 2.24) is 20.0 Å². The molecule has 0 unspecified atom stereocenters. The number of aromatic nitrogens is 2. The number of nitrogens with two attached hydrogens (primary N) is 1. The highest BCUT2D eigenvalue weighted by molar-refractivity contribution is 5.80. The average Bonchev–Trinajstić information content (AvgIpc) is 2.82. The first-order valence-corrected chi connectivity index (χ1v) is 8.29. The van der Waals surface area contributed by atoms with Crippen molar-refractivity contribution in [3.8, 4) is 0 Å². The van der Waals surface area contributed by atoms with Crippen molar-refractivity contribution in [2.45, 2.75) is 46.6 Å². The molecule has 0 spiro atoms. The minimum atomic E-state index is -0.444. The second-order valence-corrected chi connectivity index (χ2v) is 6.13. The summed E-state index contributed by atoms with van der Waals surface area (Å²) in [5.41, 5.74) is 8.69. The zero-order valence-corrected chi connectivity index (χ0v) is 14.3. The van der Waals surface area contributed by atoms with Gasteiger partial charge in [0.05, 0.1) is 11.6 Å². The summed E-state index contributed by atoms with van der Waals surface area (Å²) < 4.78 is 1.98. The van der Waals surface area contributed by atoms with Crippen LogP contribution in [0.15, 0.2) is 0 Å². The highest BCUT2D eigenvalue weighted by atomic mass is 16.2. The lowest BCUT2D eigenvalue weighted by molar-refractivity contribution is -0.126. The molecule has 0 bridgehead atoms. The lowest BCUT2D eigenvalue weighted by Gasteiger charge is -2.30. The number of carbonyl (C=O) groups excluding carboxylic acids is 2. The topological polar surface area (TPSA) is 93.2 Å². The van der Waals surface area contributed by atoms with Crippen molar-refractivity contribution in [3.05, 3.63) is 17.0 Å². The Hall–Kier alpha value is -2.05. The van der Waals surface area contributed by atoms with Crippen LogP contribution < -0.4 is 11.1 Å². The number of likely N-dealkylation sites (tertiary alicyclic amines) is 1. The maximum atomic E-state index is 12.3. The minimum absolute atomic E-state index is 0.00846. The van der Waals surface area contributed by atoms with E-state index in [0.717, 1.165) is 37.2 Å². The second kappa shape index (κ2) is 7.48. The van der Waals surface area contributed by atoms with Gasteiger partial charge in [-0.25, -0.2) is 4.79 Å². The van der Waals surface area contributed by atoms with E-state index in [1.165, 1.54) is 5.56 Å². The Bertz CT molecular complexity index is 581. The van der Waals surface area contributed by atoms with E-state index in [2.05, 4.69) is 24.3 Å². The molecule has 1 saturated heterocycles. The third-order valence-electron chi connectivity index (χ3n) is 4.61. The van der Waals surface area contributed by atoms with Crippen LogP contribution in [-0.4, -0.2) is 46.3 Å². The highest BCUT2D eigenvalue weighted by Gasteiger charge is 2.27. The Labute approximate surface area is 137 Å². The molecule has 0 radical (unpaired) electrons. The Balaban J connectivity index is 1.85. The standard InChI is InChI=1S/C16H27N5O2/c1-4-21-12(3)14(11(2)19-21)7-8-18-15(22)13-6-5-9-20(10-13)16(17)23/h13H,4-10H2,1-3H3,(H2,17,23)(H,18,22)/t13-/m0/s1. The number of amides is 3. The SMILES string of the molecule is CCn1nc(C)c(CCNC(=O)[C@H]2CCCN(C(N)=O)C2)c1C. The molecule has 2 rings (SSSR count). The lowest BCUT2D eigenvalue weighted by Crippen LogP contribution is -2.47. The molecule has 7 nitrogen and oxygen atoms in total. The van der Waals surface area contributed by atoms with Gasteiger partial charge in [-0.1, -0.05) is 0 Å². The van der Waals surface area contributed by atoms with Crippen molar-refractivity contribution in [3.63, 3.8) is 0 Å². The van der Waals surface area contributed by atoms with E-state index in [4.69, 9.17) is 5.73 Å². The van der Waals surface area contributed by atoms with Crippen LogP contribution in [0.3, 0.4) is 0 Å². The van der Waals surface area contributed by atoms with Gasteiger partial charge in [-0.15, -0.1) is 0 Å². The molecule has 128 valence electrons. The first-order chi connectivity index (χ1) is 10.9. The maximum Gasteiger partial charge on any atom is 0.314 e. The summed E-state index contributed by atoms with van der Waals surface area (Å²) in [5, 5.41) is 7.48. The number of nitrogens with zero attached hydrogens (tertiary/aromatic N) is 3. The summed E-state index contributed by atoms with van der Waals surface area (Å²) in [7, 11) is 0. The van der Waals surface area contributed by atoms with Gasteiger partial charge >= 0.3 is 6.03 Å². The molecule has 0 saturated carbocycles. The fraction of sp³-hybridized carbons (Fsp3) is 0.688. The van der Waals surface area contributed by atoms with E-state index in [-0.39, 0.29) is 11.8 Å². The van der Waals surface area contributed by atoms with E-state index < -0.39 is 6.03 Å². The largest absolute Gasteiger partial charge is 0.355 e. The fourth-order valence-corrected chi connectivity index (χ4v) is 3.25. The predicted molar refractivity (Wildman–Crippen MR) is 88.0 cm³/mol. The van der Waals surface area contributed by atoms with Gasteiger partial charge in [-0.3, -0.25) is 9.48 Å². The van der Waals surface area contributed by atoms with Crippen LogP contribution in [0.4, 0.5) is 4.79 Å². The van der Waals surface area contributed by atoms with Gasteiger partial charge in [0, 0.05) is 31.9 Å². The number of aryl methyl sites for hydroxylation is 2. The summed E-state index contributed by atoms with van der Waals surface area (Å²) in [6.45, 7) is 8.64. The number of rotatable bonds is 5. The number of hydrogen-bond donors (Lipinski definition) is 2. The number of urea groups is 1. The van der Waals surface area contributed by atoms with Crippen molar-refractivity contribution in [2.75, 3.05) is 19.6 Å². The van der Waals surface area contributed by atoms with Crippen LogP contribution in [0.2, 0.25) is 0 Å². The molecular weight excluding hydrogens is 294 g/mol. The highest BCUT2D eigenvalue weighted by Crippen LogP contribution is 2.17. The number of piperidine rings is 1. The van der Waals surface area contributed by atoms with E-state index in [1.807, 2.05) is 11.6 Å². The van der Waals surface area contributed by atoms with E-state index in [0.29, 0.717) is 19.6 Å². The van der Waals surface area contributed by atoms with E-state index in [9.17, 15) is 9.59 Å². The molecule has 3 N–H and O–H groups in total. The predicted octanol–water partition coefficient (Wildman–Crippen LogP) is 0.969. The molecule has 2 heterocycles. The fourth-order valence-electron chi connectivity index (χ4n) is 3.25. The third-order valence-corrected chi connectivity index (χ3v) is 4.61. The van der Waals surface area contributed by atoms with Gasteiger partial charge < -0.3 is 16.0 Å². The molecule has 1 aromatic heterocycles. The minimum Gasteiger partial charge on any atom is -0.355 e. The molecule has 1 aliphatic rings. The second-order valence-electron chi connectivity index (χ2n) is 6.13. The number of primary amides is 1. The third kappa shape index (κ3) is 4.03. The van der Waals surface area contributed by atoms with Crippen molar-refractivity contribution >= 4 is 11.9 Å². The van der Waals surface area contributed by atoms with Gasteiger partial charge in [0.15, 0.2) is 0 Å².